The maximum Gasteiger partial charge on any atom is 0.265 e. The molecule has 2 aromatic rings. The van der Waals surface area contributed by atoms with E-state index in [0.29, 0.717) is 18.0 Å². The van der Waals surface area contributed by atoms with Gasteiger partial charge in [0.05, 0.1) is 13.7 Å². The van der Waals surface area contributed by atoms with Crippen molar-refractivity contribution < 1.29 is 17.9 Å². The molecule has 0 aromatic heterocycles. The number of nitrogens with one attached hydrogen (secondary N) is 1. The fourth-order valence-electron chi connectivity index (χ4n) is 2.31. The van der Waals surface area contributed by atoms with Crippen LogP contribution in [0.15, 0.2) is 47.4 Å². The van der Waals surface area contributed by atoms with Gasteiger partial charge in [-0.1, -0.05) is 26.3 Å². The molecule has 0 saturated heterocycles. The molecule has 0 atom stereocenters. The third-order valence-electron chi connectivity index (χ3n) is 3.80. The van der Waals surface area contributed by atoms with Gasteiger partial charge in [-0.25, -0.2) is 8.42 Å². The molecule has 0 bridgehead atoms. The van der Waals surface area contributed by atoms with Crippen LogP contribution in [-0.2, 0) is 16.4 Å². The standard InChI is InChI=1S/C19H25NO4S/c1-4-6-13-24-17-10-8-16(9-11-17)20-25(21,22)19-14-15(5-2)7-12-18(19)23-3/h7-12,14,20H,4-6,13H2,1-3H3. The minimum atomic E-state index is -3.74. The van der Waals surface area contributed by atoms with Crippen LogP contribution in [0.3, 0.4) is 0 Å². The van der Waals surface area contributed by atoms with E-state index in [1.807, 2.05) is 13.0 Å². The first-order valence-corrected chi connectivity index (χ1v) is 9.91. The van der Waals surface area contributed by atoms with Crippen molar-refractivity contribution in [2.75, 3.05) is 18.4 Å². The number of sulfonamides is 1. The Morgan fingerprint density at radius 3 is 2.36 bits per heavy atom. The number of anilines is 1. The lowest BCUT2D eigenvalue weighted by Gasteiger charge is -2.13. The van der Waals surface area contributed by atoms with Gasteiger partial charge in [-0.05, 0) is 54.8 Å². The number of hydrogen-bond donors (Lipinski definition) is 1. The van der Waals surface area contributed by atoms with E-state index < -0.39 is 10.0 Å². The Balaban J connectivity index is 2.18. The molecular weight excluding hydrogens is 338 g/mol. The Morgan fingerprint density at radius 2 is 1.76 bits per heavy atom. The molecule has 6 heteroatoms. The summed E-state index contributed by atoms with van der Waals surface area (Å²) in [6.07, 6.45) is 2.80. The summed E-state index contributed by atoms with van der Waals surface area (Å²) in [4.78, 5) is 0.137. The number of benzene rings is 2. The van der Waals surface area contributed by atoms with Crippen LogP contribution in [0.4, 0.5) is 5.69 Å². The van der Waals surface area contributed by atoms with Crippen molar-refractivity contribution in [3.63, 3.8) is 0 Å². The van der Waals surface area contributed by atoms with E-state index in [0.717, 1.165) is 30.6 Å². The zero-order valence-electron chi connectivity index (χ0n) is 14.9. The molecule has 0 unspecified atom stereocenters. The quantitative estimate of drug-likeness (QED) is 0.677. The van der Waals surface area contributed by atoms with Gasteiger partial charge in [0.1, 0.15) is 16.4 Å². The van der Waals surface area contributed by atoms with Crippen LogP contribution in [0.2, 0.25) is 0 Å². The molecule has 0 aliphatic heterocycles. The summed E-state index contributed by atoms with van der Waals surface area (Å²) >= 11 is 0. The minimum absolute atomic E-state index is 0.137. The largest absolute Gasteiger partial charge is 0.495 e. The number of ether oxygens (including phenoxy) is 2. The van der Waals surface area contributed by atoms with E-state index in [9.17, 15) is 8.42 Å². The first kappa shape index (κ1) is 19.1. The highest BCUT2D eigenvalue weighted by Crippen LogP contribution is 2.27. The number of unbranched alkanes of at least 4 members (excludes halogenated alkanes) is 1. The van der Waals surface area contributed by atoms with Gasteiger partial charge in [-0.15, -0.1) is 0 Å². The predicted molar refractivity (Wildman–Crippen MR) is 100 cm³/mol. The summed E-state index contributed by atoms with van der Waals surface area (Å²) < 4.78 is 38.8. The molecule has 1 N–H and O–H groups in total. The second kappa shape index (κ2) is 8.76. The molecule has 136 valence electrons. The predicted octanol–water partition coefficient (Wildman–Crippen LogP) is 4.24. The molecule has 5 nitrogen and oxygen atoms in total. The molecule has 2 rings (SSSR count). The summed E-state index contributed by atoms with van der Waals surface area (Å²) in [6.45, 7) is 4.73. The van der Waals surface area contributed by atoms with E-state index in [2.05, 4.69) is 11.6 Å². The number of hydrogen-bond acceptors (Lipinski definition) is 4. The first-order valence-electron chi connectivity index (χ1n) is 8.42. The number of aryl methyl sites for hydroxylation is 1. The highest BCUT2D eigenvalue weighted by Gasteiger charge is 2.20. The molecule has 0 amide bonds. The van der Waals surface area contributed by atoms with Crippen molar-refractivity contribution in [3.8, 4) is 11.5 Å². The average Bonchev–Trinajstić information content (AvgIpc) is 2.62. The Hall–Kier alpha value is -2.21. The molecule has 2 aromatic carbocycles. The molecule has 0 heterocycles. The zero-order valence-corrected chi connectivity index (χ0v) is 15.7. The van der Waals surface area contributed by atoms with Gasteiger partial charge >= 0.3 is 0 Å². The Labute approximate surface area is 150 Å². The Bertz CT molecular complexity index is 786. The number of rotatable bonds is 9. The van der Waals surface area contributed by atoms with Gasteiger partial charge in [0.2, 0.25) is 0 Å². The van der Waals surface area contributed by atoms with Crippen LogP contribution >= 0.6 is 0 Å². The second-order valence-electron chi connectivity index (χ2n) is 5.67. The normalized spacial score (nSPS) is 11.2. The highest BCUT2D eigenvalue weighted by molar-refractivity contribution is 7.92. The molecule has 0 spiro atoms. The first-order chi connectivity index (χ1) is 12.0. The summed E-state index contributed by atoms with van der Waals surface area (Å²) in [6, 6.07) is 12.1. The summed E-state index contributed by atoms with van der Waals surface area (Å²) in [5.41, 5.74) is 1.41. The summed E-state index contributed by atoms with van der Waals surface area (Å²) in [5, 5.41) is 0. The SMILES string of the molecule is CCCCOc1ccc(NS(=O)(=O)c2cc(CC)ccc2OC)cc1. The molecule has 0 radical (unpaired) electrons. The van der Waals surface area contributed by atoms with Gasteiger partial charge in [0, 0.05) is 5.69 Å². The molecule has 25 heavy (non-hydrogen) atoms. The van der Waals surface area contributed by atoms with Gasteiger partial charge in [0.15, 0.2) is 0 Å². The van der Waals surface area contributed by atoms with Crippen molar-refractivity contribution >= 4 is 15.7 Å². The minimum Gasteiger partial charge on any atom is -0.495 e. The number of methoxy groups -OCH3 is 1. The van der Waals surface area contributed by atoms with Crippen LogP contribution in [0, 0.1) is 0 Å². The lowest BCUT2D eigenvalue weighted by molar-refractivity contribution is 0.309. The van der Waals surface area contributed by atoms with E-state index in [4.69, 9.17) is 9.47 Å². The van der Waals surface area contributed by atoms with Gasteiger partial charge in [-0.3, -0.25) is 4.72 Å². The van der Waals surface area contributed by atoms with Crippen molar-refractivity contribution in [2.24, 2.45) is 0 Å². The maximum atomic E-state index is 12.7. The van der Waals surface area contributed by atoms with Crippen molar-refractivity contribution in [1.29, 1.82) is 0 Å². The third-order valence-corrected chi connectivity index (χ3v) is 5.20. The van der Waals surface area contributed by atoms with Gasteiger partial charge in [0.25, 0.3) is 10.0 Å². The van der Waals surface area contributed by atoms with Crippen molar-refractivity contribution in [3.05, 3.63) is 48.0 Å². The van der Waals surface area contributed by atoms with Crippen LogP contribution in [0.1, 0.15) is 32.3 Å². The van der Waals surface area contributed by atoms with Crippen molar-refractivity contribution in [1.82, 2.24) is 0 Å². The molecule has 0 aliphatic carbocycles. The Kier molecular flexibility index (Phi) is 6.70. The highest BCUT2D eigenvalue weighted by atomic mass is 32.2. The van der Waals surface area contributed by atoms with Crippen LogP contribution in [0.25, 0.3) is 0 Å². The fraction of sp³-hybridized carbons (Fsp3) is 0.368. The van der Waals surface area contributed by atoms with E-state index in [1.165, 1.54) is 7.11 Å². The molecule has 0 saturated carbocycles. The molecule has 0 aliphatic rings. The van der Waals surface area contributed by atoms with Crippen LogP contribution in [0.5, 0.6) is 11.5 Å². The van der Waals surface area contributed by atoms with Crippen molar-refractivity contribution in [2.45, 2.75) is 38.0 Å². The van der Waals surface area contributed by atoms with Crippen LogP contribution < -0.4 is 14.2 Å². The summed E-state index contributed by atoms with van der Waals surface area (Å²) in [5.74, 6) is 1.05. The zero-order chi connectivity index (χ0) is 18.3. The lowest BCUT2D eigenvalue weighted by atomic mass is 10.2. The topological polar surface area (TPSA) is 64.6 Å². The average molecular weight is 363 g/mol. The second-order valence-corrected chi connectivity index (χ2v) is 7.32. The van der Waals surface area contributed by atoms with E-state index >= 15 is 0 Å². The molecule has 0 fully saturated rings. The lowest BCUT2D eigenvalue weighted by Crippen LogP contribution is -2.14. The summed E-state index contributed by atoms with van der Waals surface area (Å²) in [7, 11) is -2.28. The molecular formula is C19H25NO4S. The van der Waals surface area contributed by atoms with Crippen LogP contribution in [-0.4, -0.2) is 22.1 Å². The van der Waals surface area contributed by atoms with E-state index in [-0.39, 0.29) is 4.90 Å². The smallest absolute Gasteiger partial charge is 0.265 e. The monoisotopic (exact) mass is 363 g/mol. The van der Waals surface area contributed by atoms with Gasteiger partial charge < -0.3 is 9.47 Å². The Morgan fingerprint density at radius 1 is 1.04 bits per heavy atom. The van der Waals surface area contributed by atoms with Gasteiger partial charge in [-0.2, -0.15) is 0 Å². The van der Waals surface area contributed by atoms with E-state index in [1.54, 1.807) is 36.4 Å². The third kappa shape index (κ3) is 5.13. The fourth-order valence-corrected chi connectivity index (χ4v) is 3.59. The maximum absolute atomic E-state index is 12.7.